The molecule has 0 saturated heterocycles. The van der Waals surface area contributed by atoms with Crippen LogP contribution in [0.1, 0.15) is 30.5 Å². The second-order valence-corrected chi connectivity index (χ2v) is 4.20. The fourth-order valence-electron chi connectivity index (χ4n) is 2.02. The minimum absolute atomic E-state index is 0.0424. The highest BCUT2D eigenvalue weighted by Crippen LogP contribution is 2.23. The van der Waals surface area contributed by atoms with E-state index in [1.54, 1.807) is 12.1 Å². The second kappa shape index (κ2) is 4.50. The zero-order chi connectivity index (χ0) is 11.5. The first-order valence-corrected chi connectivity index (χ1v) is 5.50. The summed E-state index contributed by atoms with van der Waals surface area (Å²) in [6, 6.07) is 5.59. The van der Waals surface area contributed by atoms with Crippen LogP contribution >= 0.6 is 0 Å². The summed E-state index contributed by atoms with van der Waals surface area (Å²) in [5, 5.41) is 8.84. The molecule has 1 aliphatic carbocycles. The van der Waals surface area contributed by atoms with Gasteiger partial charge in [0, 0.05) is 17.8 Å². The molecule has 1 saturated carbocycles. The monoisotopic (exact) mass is 217 g/mol. The lowest BCUT2D eigenvalue weighted by molar-refractivity contribution is 0.183. The van der Waals surface area contributed by atoms with Crippen molar-refractivity contribution >= 4 is 0 Å². The van der Waals surface area contributed by atoms with E-state index < -0.39 is 0 Å². The number of hydrogen-bond acceptors (Lipinski definition) is 4. The molecule has 2 unspecified atom stereocenters. The minimum atomic E-state index is 0.0424. The summed E-state index contributed by atoms with van der Waals surface area (Å²) >= 11 is 0. The molecule has 0 aliphatic heterocycles. The molecule has 16 heavy (non-hydrogen) atoms. The van der Waals surface area contributed by atoms with Gasteiger partial charge in [-0.1, -0.05) is 0 Å². The number of aryl methyl sites for hydroxylation is 1. The molecule has 2 N–H and O–H groups in total. The molecule has 2 rings (SSSR count). The molecule has 0 radical (unpaired) electrons. The van der Waals surface area contributed by atoms with Crippen LogP contribution < -0.4 is 10.5 Å². The van der Waals surface area contributed by atoms with Crippen LogP contribution in [-0.2, 0) is 0 Å². The summed E-state index contributed by atoms with van der Waals surface area (Å²) in [5.41, 5.74) is 7.29. The fraction of sp³-hybridized carbons (Fsp3) is 0.500. The molecule has 1 heterocycles. The van der Waals surface area contributed by atoms with E-state index in [0.29, 0.717) is 11.4 Å². The third kappa shape index (κ3) is 2.31. The SMILES string of the molecule is Cc1cc(C#N)cc(OC2CCCC2N)n1. The predicted octanol–water partition coefficient (Wildman–Crippen LogP) is 1.52. The van der Waals surface area contributed by atoms with Gasteiger partial charge in [0.05, 0.1) is 11.6 Å². The summed E-state index contributed by atoms with van der Waals surface area (Å²) in [6.07, 6.45) is 3.11. The highest BCUT2D eigenvalue weighted by Gasteiger charge is 2.26. The van der Waals surface area contributed by atoms with Crippen LogP contribution in [0, 0.1) is 18.3 Å². The van der Waals surface area contributed by atoms with Gasteiger partial charge >= 0.3 is 0 Å². The van der Waals surface area contributed by atoms with Crippen LogP contribution in [0.25, 0.3) is 0 Å². The molecule has 4 heteroatoms. The van der Waals surface area contributed by atoms with Crippen LogP contribution in [0.5, 0.6) is 5.88 Å². The van der Waals surface area contributed by atoms with Gasteiger partial charge in [0.1, 0.15) is 6.10 Å². The van der Waals surface area contributed by atoms with E-state index in [1.165, 1.54) is 0 Å². The van der Waals surface area contributed by atoms with Gasteiger partial charge in [-0.05, 0) is 32.3 Å². The summed E-state index contributed by atoms with van der Waals surface area (Å²) < 4.78 is 5.72. The molecule has 1 aromatic heterocycles. The van der Waals surface area contributed by atoms with Crippen molar-refractivity contribution in [3.8, 4) is 11.9 Å². The van der Waals surface area contributed by atoms with Crippen LogP contribution in [0.2, 0.25) is 0 Å². The molecule has 1 aromatic rings. The van der Waals surface area contributed by atoms with E-state index in [0.717, 1.165) is 25.0 Å². The average molecular weight is 217 g/mol. The largest absolute Gasteiger partial charge is 0.473 e. The number of hydrogen-bond donors (Lipinski definition) is 1. The number of ether oxygens (including phenoxy) is 1. The first kappa shape index (κ1) is 10.9. The summed E-state index contributed by atoms with van der Waals surface area (Å²) in [4.78, 5) is 4.25. The van der Waals surface area contributed by atoms with Gasteiger partial charge in [-0.15, -0.1) is 0 Å². The van der Waals surface area contributed by atoms with E-state index in [2.05, 4.69) is 11.1 Å². The molecule has 1 aliphatic rings. The Hall–Kier alpha value is -1.60. The van der Waals surface area contributed by atoms with Gasteiger partial charge in [0.25, 0.3) is 0 Å². The smallest absolute Gasteiger partial charge is 0.215 e. The number of pyridine rings is 1. The third-order valence-electron chi connectivity index (χ3n) is 2.83. The van der Waals surface area contributed by atoms with E-state index in [4.69, 9.17) is 15.7 Å². The van der Waals surface area contributed by atoms with Crippen molar-refractivity contribution in [1.29, 1.82) is 5.26 Å². The number of rotatable bonds is 2. The Bertz CT molecular complexity index is 425. The molecular formula is C12H15N3O. The van der Waals surface area contributed by atoms with Crippen molar-refractivity contribution in [2.24, 2.45) is 5.73 Å². The zero-order valence-electron chi connectivity index (χ0n) is 9.31. The maximum Gasteiger partial charge on any atom is 0.215 e. The Morgan fingerprint density at radius 3 is 2.94 bits per heavy atom. The molecular weight excluding hydrogens is 202 g/mol. The van der Waals surface area contributed by atoms with Crippen molar-refractivity contribution in [2.75, 3.05) is 0 Å². The predicted molar refractivity (Wildman–Crippen MR) is 59.9 cm³/mol. The molecule has 0 spiro atoms. The van der Waals surface area contributed by atoms with Crippen molar-refractivity contribution in [3.63, 3.8) is 0 Å². The lowest BCUT2D eigenvalue weighted by atomic mass is 10.2. The molecule has 1 fully saturated rings. The second-order valence-electron chi connectivity index (χ2n) is 4.20. The quantitative estimate of drug-likeness (QED) is 0.815. The fourth-order valence-corrected chi connectivity index (χ4v) is 2.02. The van der Waals surface area contributed by atoms with Gasteiger partial charge in [-0.2, -0.15) is 5.26 Å². The van der Waals surface area contributed by atoms with Crippen molar-refractivity contribution < 1.29 is 4.74 Å². The first-order chi connectivity index (χ1) is 7.69. The Balaban J connectivity index is 2.15. The average Bonchev–Trinajstić information content (AvgIpc) is 2.63. The van der Waals surface area contributed by atoms with Gasteiger partial charge in [-0.3, -0.25) is 0 Å². The van der Waals surface area contributed by atoms with Gasteiger partial charge < -0.3 is 10.5 Å². The Morgan fingerprint density at radius 1 is 1.50 bits per heavy atom. The molecule has 0 bridgehead atoms. The highest BCUT2D eigenvalue weighted by molar-refractivity contribution is 5.34. The van der Waals surface area contributed by atoms with Crippen LogP contribution in [0.3, 0.4) is 0 Å². The maximum absolute atomic E-state index is 8.84. The zero-order valence-corrected chi connectivity index (χ0v) is 9.31. The molecule has 2 atom stereocenters. The Labute approximate surface area is 95.0 Å². The topological polar surface area (TPSA) is 71.9 Å². The van der Waals surface area contributed by atoms with E-state index in [1.807, 2.05) is 6.92 Å². The van der Waals surface area contributed by atoms with Gasteiger partial charge in [-0.25, -0.2) is 4.98 Å². The Kier molecular flexibility index (Phi) is 3.07. The summed E-state index contributed by atoms with van der Waals surface area (Å²) in [7, 11) is 0. The number of nitrogens with zero attached hydrogens (tertiary/aromatic N) is 2. The van der Waals surface area contributed by atoms with Gasteiger partial charge in [0.15, 0.2) is 0 Å². The summed E-state index contributed by atoms with van der Waals surface area (Å²) in [5.74, 6) is 0.513. The molecule has 84 valence electrons. The van der Waals surface area contributed by atoms with Crippen molar-refractivity contribution in [3.05, 3.63) is 23.4 Å². The molecule has 4 nitrogen and oxygen atoms in total. The van der Waals surface area contributed by atoms with Gasteiger partial charge in [0.2, 0.25) is 5.88 Å². The van der Waals surface area contributed by atoms with Crippen molar-refractivity contribution in [2.45, 2.75) is 38.3 Å². The van der Waals surface area contributed by atoms with Crippen molar-refractivity contribution in [1.82, 2.24) is 4.98 Å². The van der Waals surface area contributed by atoms with E-state index in [-0.39, 0.29) is 12.1 Å². The lowest BCUT2D eigenvalue weighted by Crippen LogP contribution is -2.33. The minimum Gasteiger partial charge on any atom is -0.473 e. The van der Waals surface area contributed by atoms with Crippen LogP contribution in [0.15, 0.2) is 12.1 Å². The molecule has 0 aromatic carbocycles. The highest BCUT2D eigenvalue weighted by atomic mass is 16.5. The lowest BCUT2D eigenvalue weighted by Gasteiger charge is -2.17. The first-order valence-electron chi connectivity index (χ1n) is 5.50. The van der Waals surface area contributed by atoms with Crippen LogP contribution in [-0.4, -0.2) is 17.1 Å². The van der Waals surface area contributed by atoms with Crippen LogP contribution in [0.4, 0.5) is 0 Å². The third-order valence-corrected chi connectivity index (χ3v) is 2.83. The number of nitriles is 1. The van der Waals surface area contributed by atoms with E-state index in [9.17, 15) is 0 Å². The van der Waals surface area contributed by atoms with E-state index >= 15 is 0 Å². The Morgan fingerprint density at radius 2 is 2.31 bits per heavy atom. The number of aromatic nitrogens is 1. The summed E-state index contributed by atoms with van der Waals surface area (Å²) in [6.45, 7) is 1.85. The number of nitrogens with two attached hydrogens (primary N) is 1. The normalized spacial score (nSPS) is 24.1. The maximum atomic E-state index is 8.84. The standard InChI is InChI=1S/C12H15N3O/c1-8-5-9(7-13)6-12(15-8)16-11-4-2-3-10(11)14/h5-6,10-11H,2-4,14H2,1H3. The molecule has 0 amide bonds.